The Kier molecular flexibility index (Phi) is 5.45. The van der Waals surface area contributed by atoms with Gasteiger partial charge in [-0.3, -0.25) is 9.59 Å². The van der Waals surface area contributed by atoms with E-state index in [4.69, 9.17) is 14.2 Å². The first-order valence-electron chi connectivity index (χ1n) is 9.55. The third kappa shape index (κ3) is 4.00. The Labute approximate surface area is 170 Å². The predicted molar refractivity (Wildman–Crippen MR) is 106 cm³/mol. The minimum absolute atomic E-state index is 0.116. The molecule has 1 fully saturated rings. The van der Waals surface area contributed by atoms with E-state index in [9.17, 15) is 9.59 Å². The van der Waals surface area contributed by atoms with Crippen molar-refractivity contribution < 1.29 is 23.8 Å². The largest absolute Gasteiger partial charge is 0.481 e. The van der Waals surface area contributed by atoms with Crippen molar-refractivity contribution in [3.05, 3.63) is 41.6 Å². The van der Waals surface area contributed by atoms with Gasteiger partial charge < -0.3 is 14.2 Å². The summed E-state index contributed by atoms with van der Waals surface area (Å²) in [6.07, 6.45) is 2.20. The van der Waals surface area contributed by atoms with E-state index in [1.807, 2.05) is 13.0 Å². The van der Waals surface area contributed by atoms with E-state index in [1.165, 1.54) is 13.3 Å². The second-order valence-corrected chi connectivity index (χ2v) is 7.98. The molecule has 1 aliphatic rings. The van der Waals surface area contributed by atoms with Gasteiger partial charge >= 0.3 is 6.01 Å². The number of hydrogen-bond donors (Lipinski definition) is 0. The first-order chi connectivity index (χ1) is 13.6. The first-order valence-corrected chi connectivity index (χ1v) is 9.55. The highest BCUT2D eigenvalue weighted by Crippen LogP contribution is 2.40. The number of aromatic nitrogens is 2. The molecule has 0 atom stereocenters. The topological polar surface area (TPSA) is 87.6 Å². The summed E-state index contributed by atoms with van der Waals surface area (Å²) in [5, 5.41) is 0. The molecule has 1 aromatic heterocycles. The summed E-state index contributed by atoms with van der Waals surface area (Å²) in [5.41, 5.74) is -0.601. The third-order valence-electron chi connectivity index (χ3n) is 5.06. The molecule has 154 valence electrons. The fourth-order valence-corrected chi connectivity index (χ4v) is 3.66. The van der Waals surface area contributed by atoms with Crippen molar-refractivity contribution in [1.82, 2.24) is 9.97 Å². The Morgan fingerprint density at radius 2 is 1.72 bits per heavy atom. The van der Waals surface area contributed by atoms with Crippen LogP contribution in [0.3, 0.4) is 0 Å². The van der Waals surface area contributed by atoms with E-state index < -0.39 is 17.1 Å². The van der Waals surface area contributed by atoms with Crippen molar-refractivity contribution in [3.63, 3.8) is 0 Å². The number of ketones is 2. The molecule has 0 amide bonds. The maximum absolute atomic E-state index is 13.1. The van der Waals surface area contributed by atoms with E-state index in [0.29, 0.717) is 23.6 Å². The van der Waals surface area contributed by atoms with Crippen LogP contribution in [0.4, 0.5) is 0 Å². The number of benzene rings is 1. The molecule has 1 aliphatic heterocycles. The first kappa shape index (κ1) is 20.9. The van der Waals surface area contributed by atoms with Gasteiger partial charge in [-0.15, -0.1) is 0 Å². The maximum Gasteiger partial charge on any atom is 0.325 e. The summed E-state index contributed by atoms with van der Waals surface area (Å²) in [6.45, 7) is 8.79. The smallest absolute Gasteiger partial charge is 0.325 e. The van der Waals surface area contributed by atoms with Crippen molar-refractivity contribution >= 4 is 11.6 Å². The summed E-state index contributed by atoms with van der Waals surface area (Å²) in [5.74, 6) is -0.622. The van der Waals surface area contributed by atoms with Crippen LogP contribution in [0.5, 0.6) is 17.6 Å². The van der Waals surface area contributed by atoms with Crippen LogP contribution in [0.1, 0.15) is 51.7 Å². The Morgan fingerprint density at radius 3 is 2.31 bits per heavy atom. The van der Waals surface area contributed by atoms with Gasteiger partial charge in [0.2, 0.25) is 5.88 Å². The fraction of sp³-hybridized carbons (Fsp3) is 0.455. The summed E-state index contributed by atoms with van der Waals surface area (Å²) in [6, 6.07) is 7.09. The number of methoxy groups -OCH3 is 1. The number of carbonyl (C=O) groups is 2. The number of ether oxygens (including phenoxy) is 3. The average molecular weight is 398 g/mol. The quantitative estimate of drug-likeness (QED) is 0.710. The highest BCUT2D eigenvalue weighted by molar-refractivity contribution is 6.15. The molecule has 0 bridgehead atoms. The molecule has 7 nitrogen and oxygen atoms in total. The molecule has 0 saturated carbocycles. The molecule has 29 heavy (non-hydrogen) atoms. The molecule has 3 rings (SSSR count). The van der Waals surface area contributed by atoms with E-state index in [-0.39, 0.29) is 17.6 Å². The van der Waals surface area contributed by atoms with Crippen molar-refractivity contribution in [2.24, 2.45) is 0 Å². The molecule has 1 saturated heterocycles. The lowest BCUT2D eigenvalue weighted by Gasteiger charge is -2.43. The van der Waals surface area contributed by atoms with Gasteiger partial charge in [-0.25, -0.2) is 4.98 Å². The number of rotatable bonds is 5. The zero-order valence-corrected chi connectivity index (χ0v) is 17.6. The Morgan fingerprint density at radius 1 is 1.07 bits per heavy atom. The molecule has 0 radical (unpaired) electrons. The average Bonchev–Trinajstić information content (AvgIpc) is 2.66. The Bertz CT molecular complexity index is 926. The van der Waals surface area contributed by atoms with Crippen molar-refractivity contribution in [1.29, 1.82) is 0 Å². The summed E-state index contributed by atoms with van der Waals surface area (Å²) < 4.78 is 16.7. The zero-order chi connectivity index (χ0) is 21.4. The normalized spacial score (nSPS) is 18.6. The van der Waals surface area contributed by atoms with Crippen LogP contribution in [0, 0.1) is 0 Å². The van der Waals surface area contributed by atoms with Crippen molar-refractivity contribution in [2.75, 3.05) is 7.11 Å². The highest BCUT2D eigenvalue weighted by Gasteiger charge is 2.53. The molecular weight excluding hydrogens is 372 g/mol. The third-order valence-corrected chi connectivity index (χ3v) is 5.06. The fourth-order valence-electron chi connectivity index (χ4n) is 3.66. The van der Waals surface area contributed by atoms with Gasteiger partial charge in [0.1, 0.15) is 22.9 Å². The van der Waals surface area contributed by atoms with Gasteiger partial charge in [-0.05, 0) is 57.4 Å². The number of aryl methyl sites for hydroxylation is 1. The van der Waals surface area contributed by atoms with Gasteiger partial charge in [0.15, 0.2) is 11.6 Å². The lowest BCUT2D eigenvalue weighted by molar-refractivity contribution is -0.184. The molecule has 2 aromatic rings. The molecule has 0 unspecified atom stereocenters. The second-order valence-electron chi connectivity index (χ2n) is 7.98. The number of hydrogen-bond acceptors (Lipinski definition) is 7. The van der Waals surface area contributed by atoms with Crippen LogP contribution in [0.25, 0.3) is 0 Å². The Balaban J connectivity index is 2.04. The van der Waals surface area contributed by atoms with Crippen molar-refractivity contribution in [2.45, 2.75) is 58.2 Å². The summed E-state index contributed by atoms with van der Waals surface area (Å²) in [7, 11) is 1.51. The minimum Gasteiger partial charge on any atom is -0.481 e. The standard InChI is InChI=1S/C22H26N2O5/c1-7-13-8-9-14(28-20-23-11-10-16(24-20)27-6)12-15(13)17-18(25)21(2,3)29-22(4,5)19(17)26/h8-12,17H,7H2,1-6H3. The minimum atomic E-state index is -1.07. The van der Waals surface area contributed by atoms with Crippen LogP contribution >= 0.6 is 0 Å². The number of Topliss-reactive ketones (excluding diaryl/α,β-unsaturated/α-hetero) is 2. The molecule has 0 N–H and O–H groups in total. The van der Waals surface area contributed by atoms with E-state index in [2.05, 4.69) is 9.97 Å². The van der Waals surface area contributed by atoms with Gasteiger partial charge in [0.05, 0.1) is 7.11 Å². The number of nitrogens with zero attached hydrogens (tertiary/aromatic N) is 2. The van der Waals surface area contributed by atoms with E-state index >= 15 is 0 Å². The van der Waals surface area contributed by atoms with E-state index in [1.54, 1.807) is 45.9 Å². The van der Waals surface area contributed by atoms with Crippen LogP contribution in [0.2, 0.25) is 0 Å². The van der Waals surface area contributed by atoms with Gasteiger partial charge in [0, 0.05) is 12.3 Å². The molecule has 0 spiro atoms. The van der Waals surface area contributed by atoms with Crippen LogP contribution in [-0.2, 0) is 20.7 Å². The summed E-state index contributed by atoms with van der Waals surface area (Å²) >= 11 is 0. The zero-order valence-electron chi connectivity index (χ0n) is 17.6. The van der Waals surface area contributed by atoms with Crippen LogP contribution in [-0.4, -0.2) is 39.8 Å². The SMILES string of the molecule is CCc1ccc(Oc2nccc(OC)n2)cc1C1C(=O)C(C)(C)OC(C)(C)C1=O. The summed E-state index contributed by atoms with van der Waals surface area (Å²) in [4.78, 5) is 34.5. The molecule has 0 aliphatic carbocycles. The Hall–Kier alpha value is -2.80. The molecule has 2 heterocycles. The van der Waals surface area contributed by atoms with Gasteiger partial charge in [0.25, 0.3) is 0 Å². The van der Waals surface area contributed by atoms with Crippen LogP contribution in [0.15, 0.2) is 30.5 Å². The highest BCUT2D eigenvalue weighted by atomic mass is 16.5. The van der Waals surface area contributed by atoms with E-state index in [0.717, 1.165) is 5.56 Å². The van der Waals surface area contributed by atoms with Crippen molar-refractivity contribution in [3.8, 4) is 17.6 Å². The second kappa shape index (κ2) is 7.55. The monoisotopic (exact) mass is 398 g/mol. The molecule has 1 aromatic carbocycles. The predicted octanol–water partition coefficient (Wildman–Crippen LogP) is 3.65. The van der Waals surface area contributed by atoms with Gasteiger partial charge in [-0.1, -0.05) is 13.0 Å². The lowest BCUT2D eigenvalue weighted by Crippen LogP contribution is -2.58. The molecule has 7 heteroatoms. The maximum atomic E-state index is 13.1. The number of carbonyl (C=O) groups excluding carboxylic acids is 2. The van der Waals surface area contributed by atoms with Crippen LogP contribution < -0.4 is 9.47 Å². The van der Waals surface area contributed by atoms with Gasteiger partial charge in [-0.2, -0.15) is 4.98 Å². The molecular formula is C22H26N2O5. The lowest BCUT2D eigenvalue weighted by atomic mass is 9.73.